The molecular weight excluding hydrogens is 272 g/mol. The third-order valence-corrected chi connectivity index (χ3v) is 3.46. The SMILES string of the molecule is Clc1cncc(OCc2cccc(CNC3CC3)c2)c1. The summed E-state index contributed by atoms with van der Waals surface area (Å²) < 4.78 is 5.70. The zero-order valence-corrected chi connectivity index (χ0v) is 11.9. The maximum atomic E-state index is 5.88. The van der Waals surface area contributed by atoms with Gasteiger partial charge < -0.3 is 10.1 Å². The molecule has 104 valence electrons. The summed E-state index contributed by atoms with van der Waals surface area (Å²) in [7, 11) is 0. The summed E-state index contributed by atoms with van der Waals surface area (Å²) in [5.74, 6) is 0.694. The van der Waals surface area contributed by atoms with E-state index in [0.717, 1.165) is 18.2 Å². The highest BCUT2D eigenvalue weighted by Gasteiger charge is 2.19. The van der Waals surface area contributed by atoms with Crippen molar-refractivity contribution in [2.45, 2.75) is 32.0 Å². The van der Waals surface area contributed by atoms with Crippen LogP contribution in [-0.4, -0.2) is 11.0 Å². The molecule has 0 aliphatic heterocycles. The molecule has 3 rings (SSSR count). The Kier molecular flexibility index (Phi) is 4.19. The Labute approximate surface area is 123 Å². The largest absolute Gasteiger partial charge is 0.487 e. The van der Waals surface area contributed by atoms with Crippen LogP contribution in [0.5, 0.6) is 5.75 Å². The number of ether oxygens (including phenoxy) is 1. The average molecular weight is 289 g/mol. The molecule has 3 nitrogen and oxygen atoms in total. The third-order valence-electron chi connectivity index (χ3n) is 3.25. The predicted octanol–water partition coefficient (Wildman–Crippen LogP) is 3.57. The fourth-order valence-electron chi connectivity index (χ4n) is 2.02. The first-order valence-corrected chi connectivity index (χ1v) is 7.22. The minimum absolute atomic E-state index is 0.527. The van der Waals surface area contributed by atoms with Crippen molar-refractivity contribution < 1.29 is 4.74 Å². The molecule has 20 heavy (non-hydrogen) atoms. The molecule has 1 aromatic heterocycles. The van der Waals surface area contributed by atoms with Gasteiger partial charge in [-0.1, -0.05) is 35.9 Å². The van der Waals surface area contributed by atoms with Crippen molar-refractivity contribution in [1.82, 2.24) is 10.3 Å². The van der Waals surface area contributed by atoms with E-state index in [4.69, 9.17) is 16.3 Å². The molecule has 0 radical (unpaired) electrons. The minimum atomic E-state index is 0.527. The zero-order chi connectivity index (χ0) is 13.8. The Balaban J connectivity index is 1.57. The quantitative estimate of drug-likeness (QED) is 0.882. The maximum Gasteiger partial charge on any atom is 0.139 e. The average Bonchev–Trinajstić information content (AvgIpc) is 3.28. The first-order valence-electron chi connectivity index (χ1n) is 6.84. The van der Waals surface area contributed by atoms with Gasteiger partial charge in [-0.2, -0.15) is 0 Å². The van der Waals surface area contributed by atoms with Crippen molar-refractivity contribution in [2.75, 3.05) is 0 Å². The van der Waals surface area contributed by atoms with E-state index in [0.29, 0.717) is 17.4 Å². The van der Waals surface area contributed by atoms with E-state index in [1.165, 1.54) is 18.4 Å². The highest BCUT2D eigenvalue weighted by Crippen LogP contribution is 2.20. The number of rotatable bonds is 6. The molecule has 4 heteroatoms. The molecule has 0 saturated heterocycles. The van der Waals surface area contributed by atoms with Crippen LogP contribution in [0.4, 0.5) is 0 Å². The van der Waals surface area contributed by atoms with Gasteiger partial charge in [-0.05, 0) is 24.0 Å². The van der Waals surface area contributed by atoms with Crippen molar-refractivity contribution >= 4 is 11.6 Å². The van der Waals surface area contributed by atoms with E-state index in [2.05, 4.69) is 34.6 Å². The van der Waals surface area contributed by atoms with Gasteiger partial charge in [-0.3, -0.25) is 4.98 Å². The Hall–Kier alpha value is -1.58. The number of hydrogen-bond acceptors (Lipinski definition) is 3. The maximum absolute atomic E-state index is 5.88. The highest BCUT2D eigenvalue weighted by molar-refractivity contribution is 6.30. The summed E-state index contributed by atoms with van der Waals surface area (Å²) in [6.45, 7) is 1.45. The zero-order valence-electron chi connectivity index (χ0n) is 11.2. The summed E-state index contributed by atoms with van der Waals surface area (Å²) in [4.78, 5) is 4.00. The number of nitrogens with one attached hydrogen (secondary N) is 1. The monoisotopic (exact) mass is 288 g/mol. The van der Waals surface area contributed by atoms with Crippen LogP contribution in [0.15, 0.2) is 42.7 Å². The Morgan fingerprint density at radius 3 is 2.85 bits per heavy atom. The number of aromatic nitrogens is 1. The second-order valence-electron chi connectivity index (χ2n) is 5.10. The van der Waals surface area contributed by atoms with Crippen LogP contribution in [0.3, 0.4) is 0 Å². The molecule has 1 fully saturated rings. The van der Waals surface area contributed by atoms with Gasteiger partial charge in [0.25, 0.3) is 0 Å². The molecule has 0 bridgehead atoms. The molecule has 0 spiro atoms. The van der Waals surface area contributed by atoms with E-state index in [-0.39, 0.29) is 0 Å². The number of nitrogens with zero attached hydrogens (tertiary/aromatic N) is 1. The smallest absolute Gasteiger partial charge is 0.139 e. The summed E-state index contributed by atoms with van der Waals surface area (Å²) in [6.07, 6.45) is 5.89. The highest BCUT2D eigenvalue weighted by atomic mass is 35.5. The number of benzene rings is 1. The van der Waals surface area contributed by atoms with Gasteiger partial charge in [0, 0.05) is 24.8 Å². The van der Waals surface area contributed by atoms with Crippen molar-refractivity contribution in [2.24, 2.45) is 0 Å². The fraction of sp³-hybridized carbons (Fsp3) is 0.312. The second-order valence-corrected chi connectivity index (χ2v) is 5.54. The van der Waals surface area contributed by atoms with E-state index in [1.807, 2.05) is 0 Å². The lowest BCUT2D eigenvalue weighted by atomic mass is 10.1. The van der Waals surface area contributed by atoms with Crippen molar-refractivity contribution in [3.63, 3.8) is 0 Å². The molecular formula is C16H17ClN2O. The molecule has 0 unspecified atom stereocenters. The lowest BCUT2D eigenvalue weighted by Crippen LogP contribution is -2.15. The molecule has 1 saturated carbocycles. The van der Waals surface area contributed by atoms with Gasteiger partial charge in [0.05, 0.1) is 11.2 Å². The second kappa shape index (κ2) is 6.25. The third kappa shape index (κ3) is 3.95. The summed E-state index contributed by atoms with van der Waals surface area (Å²) in [6, 6.07) is 10.9. The van der Waals surface area contributed by atoms with E-state index < -0.39 is 0 Å². The molecule has 0 amide bonds. The summed E-state index contributed by atoms with van der Waals surface area (Å²) >= 11 is 5.88. The van der Waals surface area contributed by atoms with Gasteiger partial charge in [-0.25, -0.2) is 0 Å². The van der Waals surface area contributed by atoms with Gasteiger partial charge >= 0.3 is 0 Å². The van der Waals surface area contributed by atoms with Crippen molar-refractivity contribution in [3.8, 4) is 5.75 Å². The van der Waals surface area contributed by atoms with Gasteiger partial charge in [0.1, 0.15) is 12.4 Å². The molecule has 1 N–H and O–H groups in total. The fourth-order valence-corrected chi connectivity index (χ4v) is 2.18. The number of pyridine rings is 1. The molecule has 1 aliphatic rings. The van der Waals surface area contributed by atoms with E-state index in [9.17, 15) is 0 Å². The first kappa shape index (κ1) is 13.4. The molecule has 1 aliphatic carbocycles. The van der Waals surface area contributed by atoms with Crippen LogP contribution < -0.4 is 10.1 Å². The van der Waals surface area contributed by atoms with E-state index in [1.54, 1.807) is 18.5 Å². The van der Waals surface area contributed by atoms with Crippen LogP contribution in [0.2, 0.25) is 5.02 Å². The molecule has 0 atom stereocenters. The molecule has 1 aromatic carbocycles. The van der Waals surface area contributed by atoms with Gasteiger partial charge in [0.2, 0.25) is 0 Å². The summed E-state index contributed by atoms with van der Waals surface area (Å²) in [5, 5.41) is 4.10. The lowest BCUT2D eigenvalue weighted by Gasteiger charge is -2.08. The van der Waals surface area contributed by atoms with Crippen molar-refractivity contribution in [3.05, 3.63) is 58.9 Å². The van der Waals surface area contributed by atoms with Crippen LogP contribution in [0, 0.1) is 0 Å². The van der Waals surface area contributed by atoms with Crippen LogP contribution in [0.1, 0.15) is 24.0 Å². The van der Waals surface area contributed by atoms with Crippen LogP contribution >= 0.6 is 11.6 Å². The topological polar surface area (TPSA) is 34.1 Å². The van der Waals surface area contributed by atoms with Crippen LogP contribution in [-0.2, 0) is 13.2 Å². The van der Waals surface area contributed by atoms with Gasteiger partial charge in [0.15, 0.2) is 0 Å². The lowest BCUT2D eigenvalue weighted by molar-refractivity contribution is 0.305. The van der Waals surface area contributed by atoms with Crippen LogP contribution in [0.25, 0.3) is 0 Å². The first-order chi connectivity index (χ1) is 9.79. The van der Waals surface area contributed by atoms with E-state index >= 15 is 0 Å². The molecule has 1 heterocycles. The Bertz CT molecular complexity index is 584. The number of halogens is 1. The number of hydrogen-bond donors (Lipinski definition) is 1. The minimum Gasteiger partial charge on any atom is -0.487 e. The summed E-state index contributed by atoms with van der Waals surface area (Å²) in [5.41, 5.74) is 2.45. The Morgan fingerprint density at radius 2 is 2.05 bits per heavy atom. The molecule has 2 aromatic rings. The normalized spacial score (nSPS) is 14.2. The van der Waals surface area contributed by atoms with Gasteiger partial charge in [-0.15, -0.1) is 0 Å². The standard InChI is InChI=1S/C16H17ClN2O/c17-14-7-16(10-18-9-14)20-11-13-3-1-2-12(6-13)8-19-15-4-5-15/h1-3,6-7,9-10,15,19H,4-5,8,11H2. The Morgan fingerprint density at radius 1 is 1.20 bits per heavy atom. The predicted molar refractivity (Wildman–Crippen MR) is 79.9 cm³/mol. The van der Waals surface area contributed by atoms with Crippen molar-refractivity contribution in [1.29, 1.82) is 0 Å².